The van der Waals surface area contributed by atoms with Crippen LogP contribution in [-0.4, -0.2) is 28.6 Å². The zero-order valence-electron chi connectivity index (χ0n) is 14.2. The van der Waals surface area contributed by atoms with Gasteiger partial charge in [0.05, 0.1) is 12.0 Å². The van der Waals surface area contributed by atoms with E-state index in [1.54, 1.807) is 43.5 Å². The molecule has 0 saturated heterocycles. The lowest BCUT2D eigenvalue weighted by Crippen LogP contribution is -2.32. The average Bonchev–Trinajstić information content (AvgIpc) is 2.61. The van der Waals surface area contributed by atoms with Crippen molar-refractivity contribution in [2.45, 2.75) is 30.2 Å². The predicted molar refractivity (Wildman–Crippen MR) is 100 cm³/mol. The minimum absolute atomic E-state index is 0.313. The van der Waals surface area contributed by atoms with Gasteiger partial charge in [0.25, 0.3) is 10.0 Å². The lowest BCUT2D eigenvalue weighted by molar-refractivity contribution is 0.397. The number of methoxy groups -OCH3 is 1. The van der Waals surface area contributed by atoms with Gasteiger partial charge in [0, 0.05) is 22.3 Å². The Bertz CT molecular complexity index is 867. The number of hydrogen-bond acceptors (Lipinski definition) is 4. The van der Waals surface area contributed by atoms with Crippen molar-refractivity contribution in [3.05, 3.63) is 52.5 Å². The summed E-state index contributed by atoms with van der Waals surface area (Å²) in [6, 6.07) is 10.3. The summed E-state index contributed by atoms with van der Waals surface area (Å²) in [5.41, 5.74) is 2.29. The summed E-state index contributed by atoms with van der Waals surface area (Å²) < 4.78 is 33.9. The van der Waals surface area contributed by atoms with Crippen LogP contribution in [0.4, 0.5) is 5.69 Å². The highest BCUT2D eigenvalue weighted by Gasteiger charge is 2.28. The third-order valence-electron chi connectivity index (χ3n) is 4.55. The molecule has 0 bridgehead atoms. The van der Waals surface area contributed by atoms with Gasteiger partial charge < -0.3 is 10.1 Å². The van der Waals surface area contributed by atoms with E-state index in [9.17, 15) is 8.42 Å². The Morgan fingerprint density at radius 1 is 1.12 bits per heavy atom. The van der Waals surface area contributed by atoms with Crippen molar-refractivity contribution in [3.63, 3.8) is 0 Å². The third-order valence-corrected chi connectivity index (χ3v) is 6.27. The van der Waals surface area contributed by atoms with Crippen molar-refractivity contribution in [2.24, 2.45) is 0 Å². The molecule has 3 rings (SSSR count). The molecule has 25 heavy (non-hydrogen) atoms. The molecule has 1 aliphatic rings. The Balaban J connectivity index is 2.00. The summed E-state index contributed by atoms with van der Waals surface area (Å²) in [6.45, 7) is 0. The lowest BCUT2D eigenvalue weighted by Gasteiger charge is -2.27. The van der Waals surface area contributed by atoms with Crippen LogP contribution in [0.5, 0.6) is 5.75 Å². The second kappa shape index (κ2) is 7.23. The van der Waals surface area contributed by atoms with E-state index in [1.807, 2.05) is 7.05 Å². The van der Waals surface area contributed by atoms with Crippen molar-refractivity contribution in [3.8, 4) is 5.75 Å². The Labute approximate surface area is 153 Å². The molecule has 0 heterocycles. The van der Waals surface area contributed by atoms with Gasteiger partial charge in [0.1, 0.15) is 5.75 Å². The first-order chi connectivity index (χ1) is 11.9. The molecular formula is C18H21ClN2O3S. The zero-order valence-corrected chi connectivity index (χ0v) is 15.7. The minimum Gasteiger partial charge on any atom is -0.496 e. The molecule has 1 atom stereocenters. The summed E-state index contributed by atoms with van der Waals surface area (Å²) in [4.78, 5) is 0.313. The number of fused-ring (bicyclic) bond motifs is 1. The van der Waals surface area contributed by atoms with E-state index >= 15 is 0 Å². The number of likely N-dealkylation sites (N-methyl/N-ethyl adjacent to an activating group) is 1. The second-order valence-corrected chi connectivity index (χ2v) is 8.15. The predicted octanol–water partition coefficient (Wildman–Crippen LogP) is 3.23. The molecule has 0 saturated carbocycles. The molecule has 2 aromatic carbocycles. The topological polar surface area (TPSA) is 67.4 Å². The summed E-state index contributed by atoms with van der Waals surface area (Å²) >= 11 is 5.86. The average molecular weight is 381 g/mol. The summed E-state index contributed by atoms with van der Waals surface area (Å²) in [5.74, 6) is 0.736. The van der Waals surface area contributed by atoms with Crippen LogP contribution in [0.1, 0.15) is 17.5 Å². The molecular weight excluding hydrogens is 360 g/mol. The molecule has 0 aromatic heterocycles. The molecule has 0 aliphatic heterocycles. The van der Waals surface area contributed by atoms with Crippen LogP contribution in [0.25, 0.3) is 0 Å². The summed E-state index contributed by atoms with van der Waals surface area (Å²) in [7, 11) is -0.155. The number of nitrogens with one attached hydrogen (secondary N) is 2. The molecule has 2 aromatic rings. The van der Waals surface area contributed by atoms with E-state index in [-0.39, 0.29) is 0 Å². The van der Waals surface area contributed by atoms with Crippen molar-refractivity contribution in [1.82, 2.24) is 5.32 Å². The Morgan fingerprint density at radius 3 is 2.48 bits per heavy atom. The lowest BCUT2D eigenvalue weighted by atomic mass is 9.87. The van der Waals surface area contributed by atoms with Crippen LogP contribution in [0, 0.1) is 0 Å². The molecule has 2 N–H and O–H groups in total. The third kappa shape index (κ3) is 3.76. The Hall–Kier alpha value is -1.76. The fourth-order valence-corrected chi connectivity index (χ4v) is 4.71. The number of hydrogen-bond donors (Lipinski definition) is 2. The maximum absolute atomic E-state index is 12.9. The van der Waals surface area contributed by atoms with Gasteiger partial charge >= 0.3 is 0 Å². The van der Waals surface area contributed by atoms with E-state index in [0.717, 1.165) is 29.7 Å². The standard InChI is InChI=1S/C18H21ClN2O3S/c1-20-14-7-8-15-16(11-14)17(24-2)9-10-18(15)25(22,23)21-13-5-3-12(19)4-6-13/h3-6,9-10,14,20-21H,7-8,11H2,1-2H3. The van der Waals surface area contributed by atoms with Crippen molar-refractivity contribution >= 4 is 27.3 Å². The Morgan fingerprint density at radius 2 is 1.84 bits per heavy atom. The maximum Gasteiger partial charge on any atom is 0.262 e. The van der Waals surface area contributed by atoms with Gasteiger partial charge in [-0.05, 0) is 68.3 Å². The van der Waals surface area contributed by atoms with Crippen LogP contribution < -0.4 is 14.8 Å². The highest BCUT2D eigenvalue weighted by atomic mass is 35.5. The van der Waals surface area contributed by atoms with Gasteiger partial charge in [-0.2, -0.15) is 0 Å². The first kappa shape index (κ1) is 18.0. The van der Waals surface area contributed by atoms with E-state index in [2.05, 4.69) is 10.0 Å². The van der Waals surface area contributed by atoms with Crippen LogP contribution in [0.15, 0.2) is 41.3 Å². The molecule has 0 radical (unpaired) electrons. The number of halogens is 1. The van der Waals surface area contributed by atoms with Crippen LogP contribution in [-0.2, 0) is 22.9 Å². The zero-order chi connectivity index (χ0) is 18.0. The fraction of sp³-hybridized carbons (Fsp3) is 0.333. The first-order valence-electron chi connectivity index (χ1n) is 8.09. The number of sulfonamides is 1. The van der Waals surface area contributed by atoms with Crippen molar-refractivity contribution in [1.29, 1.82) is 0 Å². The van der Waals surface area contributed by atoms with Crippen LogP contribution >= 0.6 is 11.6 Å². The minimum atomic E-state index is -3.69. The van der Waals surface area contributed by atoms with E-state index in [4.69, 9.17) is 16.3 Å². The van der Waals surface area contributed by atoms with Gasteiger partial charge in [-0.25, -0.2) is 8.42 Å². The Kier molecular flexibility index (Phi) is 5.22. The van der Waals surface area contributed by atoms with E-state index in [1.165, 1.54) is 0 Å². The fourth-order valence-electron chi connectivity index (χ4n) is 3.23. The molecule has 5 nitrogen and oxygen atoms in total. The van der Waals surface area contributed by atoms with Gasteiger partial charge in [-0.15, -0.1) is 0 Å². The molecule has 0 amide bonds. The first-order valence-corrected chi connectivity index (χ1v) is 9.95. The molecule has 1 unspecified atom stereocenters. The van der Waals surface area contributed by atoms with Gasteiger partial charge in [0.15, 0.2) is 0 Å². The maximum atomic E-state index is 12.9. The molecule has 0 fully saturated rings. The smallest absolute Gasteiger partial charge is 0.262 e. The molecule has 0 spiro atoms. The highest BCUT2D eigenvalue weighted by molar-refractivity contribution is 7.92. The number of anilines is 1. The largest absolute Gasteiger partial charge is 0.496 e. The number of rotatable bonds is 5. The SMILES string of the molecule is CNC1CCc2c(S(=O)(=O)Nc3ccc(Cl)cc3)ccc(OC)c2C1. The molecule has 7 heteroatoms. The van der Waals surface area contributed by atoms with Gasteiger partial charge in [0.2, 0.25) is 0 Å². The normalized spacial score (nSPS) is 17.0. The van der Waals surface area contributed by atoms with E-state index < -0.39 is 10.0 Å². The molecule has 1 aliphatic carbocycles. The van der Waals surface area contributed by atoms with Crippen LogP contribution in [0.3, 0.4) is 0 Å². The quantitative estimate of drug-likeness (QED) is 0.835. The van der Waals surface area contributed by atoms with Gasteiger partial charge in [-0.1, -0.05) is 11.6 Å². The number of benzene rings is 2. The monoisotopic (exact) mass is 380 g/mol. The highest BCUT2D eigenvalue weighted by Crippen LogP contribution is 2.35. The summed E-state index contributed by atoms with van der Waals surface area (Å²) in [6.07, 6.45) is 2.33. The van der Waals surface area contributed by atoms with Gasteiger partial charge in [-0.3, -0.25) is 4.72 Å². The van der Waals surface area contributed by atoms with Crippen LogP contribution in [0.2, 0.25) is 5.02 Å². The summed E-state index contributed by atoms with van der Waals surface area (Å²) in [5, 5.41) is 3.82. The second-order valence-electron chi connectivity index (χ2n) is 6.06. The molecule has 134 valence electrons. The van der Waals surface area contributed by atoms with Crippen molar-refractivity contribution < 1.29 is 13.2 Å². The van der Waals surface area contributed by atoms with Crippen molar-refractivity contribution in [2.75, 3.05) is 18.9 Å². The van der Waals surface area contributed by atoms with E-state index in [0.29, 0.717) is 28.1 Å². The number of ether oxygens (including phenoxy) is 1.